The predicted octanol–water partition coefficient (Wildman–Crippen LogP) is 3.55. The summed E-state index contributed by atoms with van der Waals surface area (Å²) in [7, 11) is 0. The normalized spacial score (nSPS) is 21.8. The van der Waals surface area contributed by atoms with E-state index >= 15 is 0 Å². The molecule has 1 amide bonds. The largest absolute Gasteiger partial charge is 0.384 e. The first-order chi connectivity index (χ1) is 12.2. The van der Waals surface area contributed by atoms with Gasteiger partial charge in [0, 0.05) is 37.8 Å². The van der Waals surface area contributed by atoms with Gasteiger partial charge >= 0.3 is 0 Å². The van der Waals surface area contributed by atoms with Crippen LogP contribution in [0, 0.1) is 11.8 Å². The Morgan fingerprint density at radius 1 is 1.12 bits per heavy atom. The van der Waals surface area contributed by atoms with Crippen molar-refractivity contribution in [1.29, 1.82) is 0 Å². The van der Waals surface area contributed by atoms with Gasteiger partial charge in [-0.2, -0.15) is 0 Å². The Bertz CT molecular complexity index is 620. The number of anilines is 1. The highest BCUT2D eigenvalue weighted by atomic mass is 35.5. The molecule has 3 heterocycles. The number of hydrogen-bond donors (Lipinski definition) is 1. The van der Waals surface area contributed by atoms with Gasteiger partial charge in [0.25, 0.3) is 0 Å². The monoisotopic (exact) mass is 377 g/mol. The van der Waals surface area contributed by atoms with Crippen molar-refractivity contribution in [2.75, 3.05) is 38.0 Å². The van der Waals surface area contributed by atoms with Crippen LogP contribution in [0.2, 0.25) is 0 Å². The molecule has 3 aliphatic heterocycles. The number of benzene rings is 1. The van der Waals surface area contributed by atoms with E-state index in [2.05, 4.69) is 40.2 Å². The smallest absolute Gasteiger partial charge is 0.225 e. The number of piperidine rings is 2. The molecule has 2 fully saturated rings. The maximum atomic E-state index is 12.8. The van der Waals surface area contributed by atoms with Crippen molar-refractivity contribution in [3.8, 4) is 0 Å². The number of fused-ring (bicyclic) bond motifs is 1. The highest BCUT2D eigenvalue weighted by Gasteiger charge is 2.30. The molecule has 3 aliphatic rings. The Kier molecular flexibility index (Phi) is 6.46. The van der Waals surface area contributed by atoms with Crippen molar-refractivity contribution >= 4 is 24.0 Å². The fourth-order valence-electron chi connectivity index (χ4n) is 4.61. The van der Waals surface area contributed by atoms with Gasteiger partial charge in [0.15, 0.2) is 0 Å². The van der Waals surface area contributed by atoms with Crippen LogP contribution in [-0.4, -0.2) is 48.4 Å². The Hall–Kier alpha value is -1.26. The number of amides is 1. The molecule has 0 atom stereocenters. The van der Waals surface area contributed by atoms with Crippen LogP contribution in [-0.2, 0) is 17.8 Å². The minimum atomic E-state index is 0. The minimum Gasteiger partial charge on any atom is -0.384 e. The van der Waals surface area contributed by atoms with Gasteiger partial charge in [-0.25, -0.2) is 0 Å². The van der Waals surface area contributed by atoms with Gasteiger partial charge in [-0.1, -0.05) is 25.1 Å². The quantitative estimate of drug-likeness (QED) is 0.874. The number of nitrogens with one attached hydrogen (secondary N) is 1. The van der Waals surface area contributed by atoms with Gasteiger partial charge < -0.3 is 10.2 Å². The Labute approximate surface area is 163 Å². The summed E-state index contributed by atoms with van der Waals surface area (Å²) in [5.74, 6) is 1.46. The molecule has 144 valence electrons. The Morgan fingerprint density at radius 3 is 2.58 bits per heavy atom. The number of halogens is 1. The molecule has 0 saturated carbocycles. The zero-order valence-corrected chi connectivity index (χ0v) is 16.7. The average molecular weight is 378 g/mol. The summed E-state index contributed by atoms with van der Waals surface area (Å²) < 4.78 is 0. The lowest BCUT2D eigenvalue weighted by Crippen LogP contribution is -2.45. The summed E-state index contributed by atoms with van der Waals surface area (Å²) in [6.45, 7) is 8.42. The molecule has 4 nitrogen and oxygen atoms in total. The molecule has 0 aromatic heterocycles. The lowest BCUT2D eigenvalue weighted by Gasteiger charge is -2.37. The van der Waals surface area contributed by atoms with E-state index in [-0.39, 0.29) is 18.3 Å². The molecule has 4 rings (SSSR count). The molecular formula is C21H32ClN3O. The second-order valence-corrected chi connectivity index (χ2v) is 8.19. The van der Waals surface area contributed by atoms with E-state index in [4.69, 9.17) is 0 Å². The van der Waals surface area contributed by atoms with Crippen molar-refractivity contribution < 1.29 is 4.79 Å². The number of carbonyl (C=O) groups excluding carboxylic acids is 1. The summed E-state index contributed by atoms with van der Waals surface area (Å²) >= 11 is 0. The van der Waals surface area contributed by atoms with Crippen LogP contribution in [0.1, 0.15) is 43.7 Å². The first-order valence-corrected chi connectivity index (χ1v) is 10.1. The summed E-state index contributed by atoms with van der Waals surface area (Å²) in [6.07, 6.45) is 5.54. The van der Waals surface area contributed by atoms with Gasteiger partial charge in [0.1, 0.15) is 0 Å². The standard InChI is InChI=1S/C21H31N3O.ClH/c1-16-6-13-24(14-7-16)21(25)18-8-11-23(12-9-18)15-19-4-2-3-17-5-10-22-20(17)19;/h2-4,16,18,22H,5-15H2,1H3;1H. The SMILES string of the molecule is CC1CCN(C(=O)C2CCN(Cc3cccc4c3NCC4)CC2)CC1.Cl. The van der Waals surface area contributed by atoms with Crippen LogP contribution in [0.15, 0.2) is 18.2 Å². The third-order valence-electron chi connectivity index (χ3n) is 6.36. The summed E-state index contributed by atoms with van der Waals surface area (Å²) in [6, 6.07) is 6.68. The number of para-hydroxylation sites is 1. The van der Waals surface area contributed by atoms with E-state index in [9.17, 15) is 4.79 Å². The third kappa shape index (κ3) is 4.17. The minimum absolute atomic E-state index is 0. The van der Waals surface area contributed by atoms with Crippen molar-refractivity contribution in [2.45, 2.75) is 45.6 Å². The van der Waals surface area contributed by atoms with Crippen LogP contribution in [0.3, 0.4) is 0 Å². The maximum absolute atomic E-state index is 12.8. The van der Waals surface area contributed by atoms with E-state index in [0.717, 1.165) is 64.4 Å². The van der Waals surface area contributed by atoms with E-state index < -0.39 is 0 Å². The molecule has 5 heteroatoms. The topological polar surface area (TPSA) is 35.6 Å². The van der Waals surface area contributed by atoms with Crippen molar-refractivity contribution in [1.82, 2.24) is 9.80 Å². The van der Waals surface area contributed by atoms with Crippen molar-refractivity contribution in [3.63, 3.8) is 0 Å². The zero-order chi connectivity index (χ0) is 17.2. The molecule has 26 heavy (non-hydrogen) atoms. The lowest BCUT2D eigenvalue weighted by molar-refractivity contribution is -0.138. The van der Waals surface area contributed by atoms with E-state index in [1.807, 2.05) is 0 Å². The second kappa shape index (κ2) is 8.62. The van der Waals surface area contributed by atoms with Crippen LogP contribution in [0.25, 0.3) is 0 Å². The number of nitrogens with zero attached hydrogens (tertiary/aromatic N) is 2. The fourth-order valence-corrected chi connectivity index (χ4v) is 4.61. The fraction of sp³-hybridized carbons (Fsp3) is 0.667. The molecule has 1 aromatic carbocycles. The van der Waals surface area contributed by atoms with E-state index in [1.165, 1.54) is 29.7 Å². The molecule has 1 aromatic rings. The first kappa shape index (κ1) is 19.5. The molecule has 0 aliphatic carbocycles. The number of carbonyl (C=O) groups is 1. The van der Waals surface area contributed by atoms with Crippen LogP contribution in [0.5, 0.6) is 0 Å². The highest BCUT2D eigenvalue weighted by molar-refractivity contribution is 5.85. The lowest BCUT2D eigenvalue weighted by atomic mass is 9.92. The number of hydrogen-bond acceptors (Lipinski definition) is 3. The van der Waals surface area contributed by atoms with Crippen molar-refractivity contribution in [3.05, 3.63) is 29.3 Å². The van der Waals surface area contributed by atoms with E-state index in [0.29, 0.717) is 5.91 Å². The Morgan fingerprint density at radius 2 is 1.85 bits per heavy atom. The number of likely N-dealkylation sites (tertiary alicyclic amines) is 2. The summed E-state index contributed by atoms with van der Waals surface area (Å²) in [5, 5.41) is 3.54. The second-order valence-electron chi connectivity index (χ2n) is 8.19. The molecule has 0 unspecified atom stereocenters. The zero-order valence-electron chi connectivity index (χ0n) is 15.9. The molecule has 1 N–H and O–H groups in total. The van der Waals surface area contributed by atoms with Gasteiger partial charge in [-0.15, -0.1) is 12.4 Å². The predicted molar refractivity (Wildman–Crippen MR) is 109 cm³/mol. The van der Waals surface area contributed by atoms with Crippen LogP contribution < -0.4 is 5.32 Å². The highest BCUT2D eigenvalue weighted by Crippen LogP contribution is 2.29. The molecule has 0 bridgehead atoms. The Balaban J connectivity index is 0.00000196. The maximum Gasteiger partial charge on any atom is 0.225 e. The first-order valence-electron chi connectivity index (χ1n) is 10.1. The van der Waals surface area contributed by atoms with Gasteiger partial charge in [0.05, 0.1) is 0 Å². The van der Waals surface area contributed by atoms with Crippen molar-refractivity contribution in [2.24, 2.45) is 11.8 Å². The molecular weight excluding hydrogens is 346 g/mol. The number of rotatable bonds is 3. The van der Waals surface area contributed by atoms with Crippen LogP contribution >= 0.6 is 12.4 Å². The summed E-state index contributed by atoms with van der Waals surface area (Å²) in [5.41, 5.74) is 4.25. The van der Waals surface area contributed by atoms with E-state index in [1.54, 1.807) is 0 Å². The molecule has 2 saturated heterocycles. The van der Waals surface area contributed by atoms with Gasteiger partial charge in [-0.05, 0) is 62.2 Å². The molecule has 0 radical (unpaired) electrons. The van der Waals surface area contributed by atoms with Crippen LogP contribution in [0.4, 0.5) is 5.69 Å². The molecule has 0 spiro atoms. The van der Waals surface area contributed by atoms with Gasteiger partial charge in [0.2, 0.25) is 5.91 Å². The van der Waals surface area contributed by atoms with Gasteiger partial charge in [-0.3, -0.25) is 9.69 Å². The third-order valence-corrected chi connectivity index (χ3v) is 6.36. The summed E-state index contributed by atoms with van der Waals surface area (Å²) in [4.78, 5) is 17.4. The average Bonchev–Trinajstić information content (AvgIpc) is 3.12.